The molecule has 0 aliphatic heterocycles. The van der Waals surface area contributed by atoms with Gasteiger partial charge in [0.25, 0.3) is 5.56 Å². The summed E-state index contributed by atoms with van der Waals surface area (Å²) in [4.78, 5) is 24.8. The second-order valence-electron chi connectivity index (χ2n) is 5.88. The molecule has 0 spiro atoms. The molecule has 1 heterocycles. The third kappa shape index (κ3) is 3.78. The van der Waals surface area contributed by atoms with E-state index in [0.717, 1.165) is 13.1 Å². The Kier molecular flexibility index (Phi) is 5.55. The summed E-state index contributed by atoms with van der Waals surface area (Å²) >= 11 is 5.96. The van der Waals surface area contributed by atoms with Crippen LogP contribution in [0.4, 0.5) is 17.6 Å². The molecule has 0 amide bonds. The molecule has 2 aromatic rings. The molecule has 146 valence electrons. The van der Waals surface area contributed by atoms with Crippen molar-refractivity contribution >= 4 is 11.6 Å². The highest BCUT2D eigenvalue weighted by Crippen LogP contribution is 2.36. The first-order valence-corrected chi connectivity index (χ1v) is 7.87. The number of rotatable bonds is 4. The second kappa shape index (κ2) is 7.22. The first kappa shape index (κ1) is 20.8. The molecule has 0 fully saturated rings. The van der Waals surface area contributed by atoms with Gasteiger partial charge in [-0.1, -0.05) is 23.8 Å². The number of hydrogen-bond donors (Lipinski definition) is 0. The van der Waals surface area contributed by atoms with E-state index in [2.05, 4.69) is 6.58 Å². The lowest BCUT2D eigenvalue weighted by molar-refractivity contribution is -0.144. The number of benzene rings is 1. The number of methoxy groups -OCH3 is 1. The zero-order chi connectivity index (χ0) is 20.7. The SMILES string of the molecule is C=C(C)Cc1c(OC)c(Cl)cc(F)c1-n1c(=O)cc(C(F)(F)F)n(C)c1=O. The van der Waals surface area contributed by atoms with Crippen LogP contribution in [-0.2, 0) is 19.6 Å². The summed E-state index contributed by atoms with van der Waals surface area (Å²) in [6, 6.07) is 1.05. The Bertz CT molecular complexity index is 1040. The van der Waals surface area contributed by atoms with Crippen molar-refractivity contribution in [3.63, 3.8) is 0 Å². The lowest BCUT2D eigenvalue weighted by Gasteiger charge is -2.19. The molecule has 10 heteroatoms. The fourth-order valence-electron chi connectivity index (χ4n) is 2.67. The van der Waals surface area contributed by atoms with Crippen LogP contribution in [0.3, 0.4) is 0 Å². The van der Waals surface area contributed by atoms with Gasteiger partial charge in [0.05, 0.1) is 17.8 Å². The molecule has 2 rings (SSSR count). The van der Waals surface area contributed by atoms with Crippen LogP contribution in [0.15, 0.2) is 33.9 Å². The zero-order valence-corrected chi connectivity index (χ0v) is 15.3. The Morgan fingerprint density at radius 3 is 2.37 bits per heavy atom. The van der Waals surface area contributed by atoms with Gasteiger partial charge in [0.15, 0.2) is 0 Å². The minimum absolute atomic E-state index is 0.00934. The summed E-state index contributed by atoms with van der Waals surface area (Å²) in [5.41, 5.74) is -4.13. The Hall–Kier alpha value is -2.55. The smallest absolute Gasteiger partial charge is 0.431 e. The molecule has 27 heavy (non-hydrogen) atoms. The normalized spacial score (nSPS) is 11.6. The van der Waals surface area contributed by atoms with Crippen LogP contribution in [0.1, 0.15) is 18.2 Å². The average Bonchev–Trinajstić information content (AvgIpc) is 2.52. The molecule has 0 aliphatic carbocycles. The minimum Gasteiger partial charge on any atom is -0.495 e. The maximum absolute atomic E-state index is 14.7. The van der Waals surface area contributed by atoms with Gasteiger partial charge < -0.3 is 4.74 Å². The molecule has 0 unspecified atom stereocenters. The fourth-order valence-corrected chi connectivity index (χ4v) is 2.96. The minimum atomic E-state index is -4.93. The number of aromatic nitrogens is 2. The average molecular weight is 407 g/mol. The highest BCUT2D eigenvalue weighted by Gasteiger charge is 2.35. The van der Waals surface area contributed by atoms with Crippen LogP contribution in [0.5, 0.6) is 5.75 Å². The molecular formula is C17H15ClF4N2O3. The number of alkyl halides is 3. The number of ether oxygens (including phenoxy) is 1. The summed E-state index contributed by atoms with van der Waals surface area (Å²) in [6.07, 6.45) is -4.95. The number of allylic oxidation sites excluding steroid dienone is 1. The van der Waals surface area contributed by atoms with Crippen LogP contribution >= 0.6 is 11.6 Å². The lowest BCUT2D eigenvalue weighted by atomic mass is 10.0. The Balaban J connectivity index is 2.99. The fraction of sp³-hybridized carbons (Fsp3) is 0.294. The first-order chi connectivity index (χ1) is 12.4. The maximum Gasteiger partial charge on any atom is 0.431 e. The molecule has 0 bridgehead atoms. The summed E-state index contributed by atoms with van der Waals surface area (Å²) in [5.74, 6) is -1.07. The number of halogens is 5. The number of nitrogens with zero attached hydrogens (tertiary/aromatic N) is 2. The van der Waals surface area contributed by atoms with Crippen LogP contribution in [-0.4, -0.2) is 16.2 Å². The van der Waals surface area contributed by atoms with E-state index in [-0.39, 0.29) is 33.4 Å². The van der Waals surface area contributed by atoms with Gasteiger partial charge in [0.2, 0.25) is 0 Å². The lowest BCUT2D eigenvalue weighted by Crippen LogP contribution is -2.41. The van der Waals surface area contributed by atoms with Gasteiger partial charge in [-0.15, -0.1) is 0 Å². The van der Waals surface area contributed by atoms with E-state index < -0.39 is 34.6 Å². The van der Waals surface area contributed by atoms with Gasteiger partial charge in [-0.05, 0) is 19.4 Å². The third-order valence-corrected chi connectivity index (χ3v) is 4.05. The van der Waals surface area contributed by atoms with E-state index in [1.165, 1.54) is 7.11 Å². The maximum atomic E-state index is 14.7. The van der Waals surface area contributed by atoms with Gasteiger partial charge in [-0.25, -0.2) is 13.8 Å². The van der Waals surface area contributed by atoms with Gasteiger partial charge in [0, 0.05) is 18.7 Å². The summed E-state index contributed by atoms with van der Waals surface area (Å²) in [7, 11) is 2.09. The van der Waals surface area contributed by atoms with Crippen molar-refractivity contribution in [3.8, 4) is 11.4 Å². The summed E-state index contributed by atoms with van der Waals surface area (Å²) < 4.78 is 59.4. The van der Waals surface area contributed by atoms with E-state index in [1.54, 1.807) is 6.92 Å². The van der Waals surface area contributed by atoms with E-state index >= 15 is 0 Å². The Morgan fingerprint density at radius 1 is 1.30 bits per heavy atom. The van der Waals surface area contributed by atoms with Gasteiger partial charge in [0.1, 0.15) is 17.3 Å². The Labute approximate surface area is 156 Å². The van der Waals surface area contributed by atoms with Gasteiger partial charge in [-0.2, -0.15) is 13.2 Å². The van der Waals surface area contributed by atoms with Crippen molar-refractivity contribution < 1.29 is 22.3 Å². The quantitative estimate of drug-likeness (QED) is 0.577. The van der Waals surface area contributed by atoms with Crippen LogP contribution < -0.4 is 16.0 Å². The number of hydrogen-bond acceptors (Lipinski definition) is 3. The van der Waals surface area contributed by atoms with E-state index in [9.17, 15) is 27.2 Å². The summed E-state index contributed by atoms with van der Waals surface area (Å²) in [5, 5.41) is -0.119. The van der Waals surface area contributed by atoms with Crippen LogP contribution in [0, 0.1) is 5.82 Å². The highest BCUT2D eigenvalue weighted by atomic mass is 35.5. The molecule has 5 nitrogen and oxygen atoms in total. The summed E-state index contributed by atoms with van der Waals surface area (Å²) in [6.45, 7) is 5.29. The molecular weight excluding hydrogens is 392 g/mol. The predicted molar refractivity (Wildman–Crippen MR) is 92.3 cm³/mol. The topological polar surface area (TPSA) is 53.2 Å². The van der Waals surface area contributed by atoms with Crippen LogP contribution in [0.2, 0.25) is 5.02 Å². The van der Waals surface area contributed by atoms with Crippen molar-refractivity contribution in [1.29, 1.82) is 0 Å². The highest BCUT2D eigenvalue weighted by molar-refractivity contribution is 6.32. The van der Waals surface area contributed by atoms with Crippen molar-refractivity contribution in [3.05, 3.63) is 67.2 Å². The molecule has 1 aromatic carbocycles. The molecule has 0 aliphatic rings. The van der Waals surface area contributed by atoms with Crippen LogP contribution in [0.25, 0.3) is 5.69 Å². The predicted octanol–water partition coefficient (Wildman–Crippen LogP) is 3.47. The second-order valence-corrected chi connectivity index (χ2v) is 6.28. The first-order valence-electron chi connectivity index (χ1n) is 7.50. The molecule has 0 N–H and O–H groups in total. The Morgan fingerprint density at radius 2 is 1.89 bits per heavy atom. The van der Waals surface area contributed by atoms with Gasteiger partial charge in [-0.3, -0.25) is 9.36 Å². The molecule has 0 atom stereocenters. The molecule has 0 saturated heterocycles. The third-order valence-electron chi connectivity index (χ3n) is 3.77. The van der Waals surface area contributed by atoms with Crippen molar-refractivity contribution in [1.82, 2.24) is 9.13 Å². The largest absolute Gasteiger partial charge is 0.495 e. The molecule has 0 saturated carbocycles. The molecule has 0 radical (unpaired) electrons. The molecule has 1 aromatic heterocycles. The van der Waals surface area contributed by atoms with E-state index in [4.69, 9.17) is 16.3 Å². The van der Waals surface area contributed by atoms with Crippen molar-refractivity contribution in [2.75, 3.05) is 7.11 Å². The standard InChI is InChI=1S/C17H15ClF4N2O3/c1-8(2)5-9-14(11(19)6-10(18)15(9)27-4)24-13(25)7-12(17(20,21)22)23(3)16(24)26/h6-7H,1,5H2,2-4H3. The van der Waals surface area contributed by atoms with Gasteiger partial charge >= 0.3 is 11.9 Å². The van der Waals surface area contributed by atoms with E-state index in [1.807, 2.05) is 0 Å². The zero-order valence-electron chi connectivity index (χ0n) is 14.6. The van der Waals surface area contributed by atoms with E-state index in [0.29, 0.717) is 10.1 Å². The van der Waals surface area contributed by atoms with Crippen molar-refractivity contribution in [2.45, 2.75) is 19.5 Å². The van der Waals surface area contributed by atoms with Crippen molar-refractivity contribution in [2.24, 2.45) is 7.05 Å². The monoisotopic (exact) mass is 406 g/mol.